The van der Waals surface area contributed by atoms with E-state index >= 15 is 0 Å². The van der Waals surface area contributed by atoms with Crippen molar-refractivity contribution >= 4 is 0 Å². The van der Waals surface area contributed by atoms with E-state index in [1.54, 1.807) is 0 Å². The Morgan fingerprint density at radius 2 is 0.236 bits per heavy atom. The summed E-state index contributed by atoms with van der Waals surface area (Å²) in [5.41, 5.74) is -27.8. The van der Waals surface area contributed by atoms with Gasteiger partial charge in [0.15, 0.2) is 5.43 Å². The van der Waals surface area contributed by atoms with Gasteiger partial charge in [0, 0.05) is 0 Å². The summed E-state index contributed by atoms with van der Waals surface area (Å²) in [5.74, 6) is -18.3. The van der Waals surface area contributed by atoms with Crippen molar-refractivity contribution in [1.82, 2.24) is 0 Å². The quantitative estimate of drug-likeness (QED) is 0.0516. The molecule has 0 fully saturated rings. The largest absolute Gasteiger partial charge is 0.870 e. The van der Waals surface area contributed by atoms with Crippen LogP contribution in [0.15, 0.2) is 95.9 Å². The maximum atomic E-state index is 10.5. The van der Waals surface area contributed by atoms with E-state index in [0.29, 0.717) is 0 Å². The Morgan fingerprint density at radius 1 is 0.139 bits per heavy atom. The molecule has 8 aromatic carbocycles. The van der Waals surface area contributed by atoms with Crippen LogP contribution in [0.4, 0.5) is 0 Å². The molecular formula is C36H8O36-8. The van der Waals surface area contributed by atoms with Gasteiger partial charge in [0.25, 0.3) is 70.6 Å². The van der Waals surface area contributed by atoms with E-state index in [1.165, 1.54) is 0 Å². The first-order valence-corrected chi connectivity index (χ1v) is 16.5. The third kappa shape index (κ3) is 11.6. The van der Waals surface area contributed by atoms with Crippen molar-refractivity contribution in [3.8, 4) is 92.0 Å². The maximum Gasteiger partial charge on any atom is 0.281 e. The normalized spacial score (nSPS) is 10.0. The molecule has 0 spiro atoms. The summed E-state index contributed by atoms with van der Waals surface area (Å²) in [4.78, 5) is 204. The van der Waals surface area contributed by atoms with Crippen molar-refractivity contribution in [3.63, 3.8) is 0 Å². The molecule has 8 rings (SSSR count). The summed E-state index contributed by atoms with van der Waals surface area (Å²) in [6, 6.07) is 0. The second-order valence-corrected chi connectivity index (χ2v) is 12.0. The fourth-order valence-electron chi connectivity index (χ4n) is 3.31. The highest BCUT2D eigenvalue weighted by atomic mass is 16.4. The molecule has 0 heterocycles. The Labute approximate surface area is 378 Å². The van der Waals surface area contributed by atoms with Gasteiger partial charge in [-0.25, -0.2) is 0 Å². The first-order valence-electron chi connectivity index (χ1n) is 16.5. The highest BCUT2D eigenvalue weighted by Gasteiger charge is 2.20. The zero-order chi connectivity index (χ0) is 56.8. The molecule has 0 unspecified atom stereocenters. The molecule has 376 valence electrons. The van der Waals surface area contributed by atoms with Crippen molar-refractivity contribution in [1.29, 1.82) is 0 Å². The number of aromatic hydroxyl groups is 8. The van der Waals surface area contributed by atoms with Crippen LogP contribution in [0, 0.1) is 0 Å². The number of phenols is 2. The molecule has 0 atom stereocenters. The monoisotopic (exact) mass is 1020 g/mol. The van der Waals surface area contributed by atoms with Crippen molar-refractivity contribution in [2.75, 3.05) is 0 Å². The van der Waals surface area contributed by atoms with E-state index in [-0.39, 0.29) is 0 Å². The summed E-state index contributed by atoms with van der Waals surface area (Å²) in [5, 5.41) is 146. The van der Waals surface area contributed by atoms with Crippen molar-refractivity contribution < 1.29 is 81.7 Å². The predicted octanol–water partition coefficient (Wildman–Crippen LogP) is -18.1. The first kappa shape index (κ1) is 58.1. The van der Waals surface area contributed by atoms with Gasteiger partial charge in [0.1, 0.15) is 0 Å². The summed E-state index contributed by atoms with van der Waals surface area (Å²) >= 11 is 0. The molecular weight excluding hydrogens is 1010 g/mol. The van der Waals surface area contributed by atoms with Crippen LogP contribution in [-0.2, 0) is 0 Å². The van der Waals surface area contributed by atoms with Crippen LogP contribution >= 0.6 is 0 Å². The lowest BCUT2D eigenvalue weighted by Gasteiger charge is -2.16. The lowest BCUT2D eigenvalue weighted by Crippen LogP contribution is -2.48. The van der Waals surface area contributed by atoms with Crippen molar-refractivity contribution in [2.45, 2.75) is 0 Å². The molecule has 0 aliphatic rings. The molecule has 0 aliphatic carbocycles. The van der Waals surface area contributed by atoms with E-state index < -0.39 is 201 Å². The molecule has 36 heteroatoms. The molecule has 0 aromatic heterocycles. The fourth-order valence-corrected chi connectivity index (χ4v) is 3.31. The fraction of sp³-hybridized carbons (Fsp3) is 0. The smallest absolute Gasteiger partial charge is 0.281 e. The molecule has 0 radical (unpaired) electrons. The van der Waals surface area contributed by atoms with Crippen LogP contribution in [0.5, 0.6) is 92.0 Å². The average molecular weight is 1020 g/mol. The number of rotatable bonds is 0. The molecule has 72 heavy (non-hydrogen) atoms. The summed E-state index contributed by atoms with van der Waals surface area (Å²) in [6.45, 7) is 0. The summed E-state index contributed by atoms with van der Waals surface area (Å²) in [6.07, 6.45) is 0. The zero-order valence-corrected chi connectivity index (χ0v) is 33.0. The zero-order valence-electron chi connectivity index (χ0n) is 33.0. The Morgan fingerprint density at radius 3 is 0.333 bits per heavy atom. The lowest BCUT2D eigenvalue weighted by molar-refractivity contribution is -0.324. The first-order chi connectivity index (χ1) is 32.8. The van der Waals surface area contributed by atoms with E-state index in [4.69, 9.17) is 40.9 Å². The predicted molar refractivity (Wildman–Crippen MR) is 205 cm³/mol. The van der Waals surface area contributed by atoms with Crippen LogP contribution in [0.1, 0.15) is 0 Å². The van der Waals surface area contributed by atoms with Gasteiger partial charge < -0.3 is 81.7 Å². The third-order valence-electron chi connectivity index (χ3n) is 7.44. The van der Waals surface area contributed by atoms with Gasteiger partial charge in [0.2, 0.25) is 78.6 Å². The van der Waals surface area contributed by atoms with Gasteiger partial charge in [-0.3, -0.25) is 95.9 Å². The minimum Gasteiger partial charge on any atom is -0.870 e. The average Bonchev–Trinajstić information content (AvgIpc) is 4.09. The Balaban J connectivity index is 0.000000416. The Hall–Kier alpha value is -11.9. The second kappa shape index (κ2) is 21.6. The van der Waals surface area contributed by atoms with Crippen LogP contribution in [0.25, 0.3) is 0 Å². The number of hydrogen-bond acceptors (Lipinski definition) is 36. The molecule has 0 saturated carbocycles. The van der Waals surface area contributed by atoms with Crippen molar-refractivity contribution in [3.05, 3.63) is 204 Å². The summed E-state index contributed by atoms with van der Waals surface area (Å²) in [7, 11) is 0. The van der Waals surface area contributed by atoms with Crippen LogP contribution in [-0.4, -0.2) is 40.9 Å². The van der Waals surface area contributed by atoms with Gasteiger partial charge in [-0.05, 0) is 0 Å². The van der Waals surface area contributed by atoms with Crippen LogP contribution in [0.3, 0.4) is 0 Å². The van der Waals surface area contributed by atoms with E-state index in [9.17, 15) is 137 Å². The van der Waals surface area contributed by atoms with Gasteiger partial charge in [-0.2, -0.15) is 0 Å². The Kier molecular flexibility index (Phi) is 17.5. The minimum atomic E-state index is -1.73. The number of hydrogen-bond donors (Lipinski definition) is 8. The van der Waals surface area contributed by atoms with Gasteiger partial charge in [-0.15, -0.1) is 0 Å². The molecule has 36 nitrogen and oxygen atoms in total. The highest BCUT2D eigenvalue weighted by molar-refractivity contribution is 5.51. The highest BCUT2D eigenvalue weighted by Crippen LogP contribution is 2.24. The molecule has 8 N–H and O–H groups in total. The van der Waals surface area contributed by atoms with Crippen LogP contribution in [0.2, 0.25) is 0 Å². The molecule has 8 aromatic rings. The van der Waals surface area contributed by atoms with Gasteiger partial charge >= 0.3 is 0 Å². The topological polar surface area (TPSA) is 688 Å². The standard InChI is InChI=1S/2C6H2O6.2C5H2O5.2C4H2O4.2C3H2O3/c2*7-1-2(8)4(10)6(12)5(11)3(1)9;2*6-1-2(7)4(9)5(10)3(1)8;2*5-1-2(6)4(8)3(1)7;2*4-1-2(5)3(1)6/h2*7-8H;2*6-7H;2*5-6H;2*4-5H/p-8. The second-order valence-electron chi connectivity index (χ2n) is 12.0. The van der Waals surface area contributed by atoms with Gasteiger partial charge in [-0.1, -0.05) is 46.0 Å². The Bertz CT molecular complexity index is 3830. The molecule has 0 saturated heterocycles. The molecule has 0 amide bonds. The third-order valence-corrected chi connectivity index (χ3v) is 7.44. The van der Waals surface area contributed by atoms with Crippen molar-refractivity contribution in [2.24, 2.45) is 0 Å². The molecule has 0 bridgehead atoms. The van der Waals surface area contributed by atoms with Crippen LogP contribution < -0.4 is 149 Å². The maximum absolute atomic E-state index is 10.5. The number of phenolic OH excluding ortho intramolecular Hbond substituents is 2. The summed E-state index contributed by atoms with van der Waals surface area (Å²) < 4.78 is 0. The SMILES string of the molecule is O=c1c(O)c(O)c(=O)c(=O)c1=O.O=c1c(O)c(O)c(=O)c1=O.O=c1c(O)c(O)c1=O.O=c1c(O)c1O.O=c1c([O-])c([O-])c(=O)c(=O)c1=O.O=c1c([O-])c([O-])c(=O)c1=O.O=c1c([O-])c([O-])c1=O.O=c1c([O-])c1[O-]. The van der Waals surface area contributed by atoms with E-state index in [1.807, 2.05) is 0 Å². The molecule has 0 aliphatic heterocycles. The lowest BCUT2D eigenvalue weighted by atomic mass is 10.2. The van der Waals surface area contributed by atoms with E-state index in [2.05, 4.69) is 0 Å². The minimum absolute atomic E-state index is 0.491. The number of benzene rings is 2. The van der Waals surface area contributed by atoms with E-state index in [0.717, 1.165) is 0 Å². The van der Waals surface area contributed by atoms with Gasteiger partial charge in [0.05, 0.1) is 0 Å².